The van der Waals surface area contributed by atoms with Crippen molar-refractivity contribution in [2.45, 2.75) is 59.1 Å². The Balaban J connectivity index is 0.000000656. The Hall–Kier alpha value is -2.12. The average molecular weight is 424 g/mol. The molecule has 30 heavy (non-hydrogen) atoms. The van der Waals surface area contributed by atoms with Crippen LogP contribution in [-0.4, -0.2) is 48.0 Å². The van der Waals surface area contributed by atoms with Gasteiger partial charge in [-0.15, -0.1) is 0 Å². The summed E-state index contributed by atoms with van der Waals surface area (Å²) in [5, 5.41) is 18.4. The van der Waals surface area contributed by atoms with Gasteiger partial charge in [0.05, 0.1) is 12.7 Å². The zero-order valence-corrected chi connectivity index (χ0v) is 18.8. The fraction of sp³-hybridized carbons (Fsp3) is 0.652. The van der Waals surface area contributed by atoms with E-state index in [1.165, 1.54) is 24.8 Å². The third-order valence-corrected chi connectivity index (χ3v) is 5.52. The number of ether oxygens (including phenoxy) is 2. The van der Waals surface area contributed by atoms with Crippen LogP contribution in [0, 0.1) is 17.8 Å². The third-order valence-electron chi connectivity index (χ3n) is 5.52. The number of carboxylic acids is 2. The van der Waals surface area contributed by atoms with Gasteiger partial charge in [-0.05, 0) is 75.1 Å². The van der Waals surface area contributed by atoms with Gasteiger partial charge in [-0.3, -0.25) is 0 Å². The SMILES string of the molecule is COc1ccc(CNCCC(C(C)C)C2CCOC(C)(C)C2)cc1.O=C(O)C(=O)O. The predicted octanol–water partition coefficient (Wildman–Crippen LogP) is 3.81. The highest BCUT2D eigenvalue weighted by Crippen LogP contribution is 2.37. The number of carbonyl (C=O) groups is 2. The molecular weight excluding hydrogens is 386 g/mol. The molecule has 0 amide bonds. The van der Waals surface area contributed by atoms with E-state index in [1.807, 2.05) is 12.1 Å². The van der Waals surface area contributed by atoms with Crippen molar-refractivity contribution < 1.29 is 29.3 Å². The second-order valence-electron chi connectivity index (χ2n) is 8.69. The molecule has 0 saturated carbocycles. The number of carboxylic acid groups (broad SMARTS) is 2. The van der Waals surface area contributed by atoms with E-state index in [-0.39, 0.29) is 5.60 Å². The zero-order valence-electron chi connectivity index (χ0n) is 18.8. The van der Waals surface area contributed by atoms with Crippen molar-refractivity contribution in [2.24, 2.45) is 17.8 Å². The van der Waals surface area contributed by atoms with E-state index in [1.54, 1.807) is 7.11 Å². The molecule has 0 aliphatic carbocycles. The second-order valence-corrected chi connectivity index (χ2v) is 8.69. The number of hydrogen-bond donors (Lipinski definition) is 3. The Kier molecular flexibility index (Phi) is 10.8. The van der Waals surface area contributed by atoms with Crippen LogP contribution in [0.2, 0.25) is 0 Å². The fourth-order valence-electron chi connectivity index (χ4n) is 4.00. The summed E-state index contributed by atoms with van der Waals surface area (Å²) in [6.45, 7) is 12.1. The van der Waals surface area contributed by atoms with E-state index in [0.717, 1.165) is 43.2 Å². The number of hydrogen-bond acceptors (Lipinski definition) is 5. The number of methoxy groups -OCH3 is 1. The maximum absolute atomic E-state index is 9.10. The summed E-state index contributed by atoms with van der Waals surface area (Å²) in [5.41, 5.74) is 1.36. The Labute approximate surface area is 179 Å². The van der Waals surface area contributed by atoms with Gasteiger partial charge < -0.3 is 25.0 Å². The van der Waals surface area contributed by atoms with Crippen LogP contribution in [0.1, 0.15) is 52.5 Å². The first kappa shape index (κ1) is 25.9. The summed E-state index contributed by atoms with van der Waals surface area (Å²) in [4.78, 5) is 18.2. The molecule has 0 spiro atoms. The molecule has 3 N–H and O–H groups in total. The lowest BCUT2D eigenvalue weighted by Gasteiger charge is -2.40. The minimum Gasteiger partial charge on any atom is -0.497 e. The maximum Gasteiger partial charge on any atom is 0.414 e. The van der Waals surface area contributed by atoms with Crippen LogP contribution in [0.25, 0.3) is 0 Å². The quantitative estimate of drug-likeness (QED) is 0.431. The maximum atomic E-state index is 9.10. The molecule has 1 heterocycles. The van der Waals surface area contributed by atoms with Gasteiger partial charge in [0, 0.05) is 13.2 Å². The average Bonchev–Trinajstić information content (AvgIpc) is 2.67. The summed E-state index contributed by atoms with van der Waals surface area (Å²) in [6.07, 6.45) is 3.65. The van der Waals surface area contributed by atoms with Crippen LogP contribution >= 0.6 is 0 Å². The first-order valence-electron chi connectivity index (χ1n) is 10.5. The Morgan fingerprint density at radius 2 is 1.80 bits per heavy atom. The highest BCUT2D eigenvalue weighted by Gasteiger charge is 2.34. The number of rotatable bonds is 8. The second kappa shape index (κ2) is 12.5. The van der Waals surface area contributed by atoms with Crippen LogP contribution in [0.3, 0.4) is 0 Å². The van der Waals surface area contributed by atoms with Gasteiger partial charge in [0.2, 0.25) is 0 Å². The molecule has 1 aromatic carbocycles. The molecule has 2 unspecified atom stereocenters. The van der Waals surface area contributed by atoms with Crippen molar-refractivity contribution in [3.05, 3.63) is 29.8 Å². The molecule has 0 aromatic heterocycles. The monoisotopic (exact) mass is 423 g/mol. The Bertz CT molecular complexity index is 644. The van der Waals surface area contributed by atoms with Crippen molar-refractivity contribution in [1.29, 1.82) is 0 Å². The molecule has 1 aliphatic rings. The molecular formula is C23H37NO6. The van der Waals surface area contributed by atoms with E-state index in [9.17, 15) is 0 Å². The Morgan fingerprint density at radius 3 is 2.27 bits per heavy atom. The van der Waals surface area contributed by atoms with Crippen LogP contribution in [0.5, 0.6) is 5.75 Å². The molecule has 7 heteroatoms. The lowest BCUT2D eigenvalue weighted by molar-refractivity contribution is -0.159. The summed E-state index contributed by atoms with van der Waals surface area (Å²) >= 11 is 0. The lowest BCUT2D eigenvalue weighted by atomic mass is 9.73. The standard InChI is InChI=1S/C21H35NO2.C2H2O4/c1-16(2)20(18-11-13-24-21(3,4)14-18)10-12-22-15-17-6-8-19(23-5)9-7-17;3-1(4)2(5)6/h6-9,16,18,20,22H,10-15H2,1-5H3;(H,3,4)(H,5,6). The minimum absolute atomic E-state index is 0.0482. The number of nitrogens with one attached hydrogen (secondary N) is 1. The van der Waals surface area contributed by atoms with Crippen molar-refractivity contribution in [3.63, 3.8) is 0 Å². The molecule has 7 nitrogen and oxygen atoms in total. The van der Waals surface area contributed by atoms with E-state index in [0.29, 0.717) is 0 Å². The largest absolute Gasteiger partial charge is 0.497 e. The van der Waals surface area contributed by atoms with Gasteiger partial charge >= 0.3 is 11.9 Å². The zero-order chi connectivity index (χ0) is 22.7. The van der Waals surface area contributed by atoms with Crippen LogP contribution in [0.15, 0.2) is 24.3 Å². The van der Waals surface area contributed by atoms with Crippen molar-refractivity contribution in [1.82, 2.24) is 5.32 Å². The number of benzene rings is 1. The van der Waals surface area contributed by atoms with Gasteiger partial charge in [0.25, 0.3) is 0 Å². The topological polar surface area (TPSA) is 105 Å². The highest BCUT2D eigenvalue weighted by molar-refractivity contribution is 6.27. The molecule has 170 valence electrons. The molecule has 1 fully saturated rings. The smallest absolute Gasteiger partial charge is 0.414 e. The van der Waals surface area contributed by atoms with Gasteiger partial charge in [0.1, 0.15) is 5.75 Å². The molecule has 0 bridgehead atoms. The molecule has 1 aliphatic heterocycles. The van der Waals surface area contributed by atoms with Gasteiger partial charge in [-0.1, -0.05) is 26.0 Å². The third kappa shape index (κ3) is 9.59. The first-order chi connectivity index (χ1) is 14.1. The number of aliphatic carboxylic acids is 2. The van der Waals surface area contributed by atoms with Crippen molar-refractivity contribution in [2.75, 3.05) is 20.3 Å². The molecule has 1 aromatic rings. The molecule has 2 atom stereocenters. The molecule has 0 radical (unpaired) electrons. The van der Waals surface area contributed by atoms with Gasteiger partial charge in [-0.2, -0.15) is 0 Å². The Morgan fingerprint density at radius 1 is 1.20 bits per heavy atom. The van der Waals surface area contributed by atoms with Crippen LogP contribution in [0.4, 0.5) is 0 Å². The summed E-state index contributed by atoms with van der Waals surface area (Å²) in [6, 6.07) is 8.32. The molecule has 1 saturated heterocycles. The van der Waals surface area contributed by atoms with Gasteiger partial charge in [-0.25, -0.2) is 9.59 Å². The summed E-state index contributed by atoms with van der Waals surface area (Å²) in [5.74, 6) is -0.439. The van der Waals surface area contributed by atoms with Crippen molar-refractivity contribution >= 4 is 11.9 Å². The van der Waals surface area contributed by atoms with E-state index in [2.05, 4.69) is 45.1 Å². The predicted molar refractivity (Wildman–Crippen MR) is 116 cm³/mol. The highest BCUT2D eigenvalue weighted by atomic mass is 16.5. The fourth-order valence-corrected chi connectivity index (χ4v) is 4.00. The molecule has 2 rings (SSSR count). The van der Waals surface area contributed by atoms with Gasteiger partial charge in [0.15, 0.2) is 0 Å². The van der Waals surface area contributed by atoms with Crippen molar-refractivity contribution in [3.8, 4) is 5.75 Å². The normalized spacial score (nSPS) is 18.8. The minimum atomic E-state index is -1.82. The van der Waals surface area contributed by atoms with E-state index in [4.69, 9.17) is 29.3 Å². The lowest BCUT2D eigenvalue weighted by Crippen LogP contribution is -2.38. The van der Waals surface area contributed by atoms with Crippen LogP contribution < -0.4 is 10.1 Å². The van der Waals surface area contributed by atoms with E-state index < -0.39 is 11.9 Å². The van der Waals surface area contributed by atoms with E-state index >= 15 is 0 Å². The first-order valence-corrected chi connectivity index (χ1v) is 10.5. The summed E-state index contributed by atoms with van der Waals surface area (Å²) < 4.78 is 11.1. The summed E-state index contributed by atoms with van der Waals surface area (Å²) in [7, 11) is 1.71. The van der Waals surface area contributed by atoms with Crippen LogP contribution in [-0.2, 0) is 20.9 Å².